The molecule has 0 radical (unpaired) electrons. The topological polar surface area (TPSA) is 184 Å². The number of sulfonamides is 1. The highest BCUT2D eigenvalue weighted by atomic mass is 32.2. The number of hydrogen-bond donors (Lipinski definition) is 4. The van der Waals surface area contributed by atoms with E-state index in [4.69, 9.17) is 5.73 Å². The standard InChI is InChI=1S/C19H23N5O7S2/c1-9-13(16(19(28)29)24-15(9)10(2-4-25)17(24)27)12-7-23-8-21-14(18(23)32-12)11(26)6-22-33(30,31)5-3-20/h7-10,15,22,25H,2-6,20H2,1H3,(H,28,29)/t9-,10+,15-/m1/s1. The van der Waals surface area contributed by atoms with Crippen LogP contribution in [0.25, 0.3) is 10.4 Å². The quantitative estimate of drug-likeness (QED) is 0.239. The third-order valence-electron chi connectivity index (χ3n) is 5.95. The molecule has 0 aromatic carbocycles. The van der Waals surface area contributed by atoms with Gasteiger partial charge < -0.3 is 20.8 Å². The van der Waals surface area contributed by atoms with Crippen LogP contribution in [0.15, 0.2) is 18.2 Å². The van der Waals surface area contributed by atoms with Crippen LogP contribution < -0.4 is 10.5 Å². The Labute approximate surface area is 192 Å². The number of imidazole rings is 1. The zero-order chi connectivity index (χ0) is 24.1. The molecule has 33 heavy (non-hydrogen) atoms. The molecule has 0 aliphatic carbocycles. The predicted octanol–water partition coefficient (Wildman–Crippen LogP) is -0.889. The molecule has 14 heteroatoms. The summed E-state index contributed by atoms with van der Waals surface area (Å²) in [7, 11) is -3.68. The molecule has 0 saturated carbocycles. The number of carbonyl (C=O) groups excluding carboxylic acids is 2. The van der Waals surface area contributed by atoms with Crippen LogP contribution in [0.5, 0.6) is 0 Å². The van der Waals surface area contributed by atoms with Crippen molar-refractivity contribution in [2.75, 3.05) is 25.4 Å². The minimum atomic E-state index is -3.68. The average molecular weight is 498 g/mol. The van der Waals surface area contributed by atoms with Gasteiger partial charge in [0.05, 0.1) is 29.1 Å². The molecule has 0 bridgehead atoms. The number of aliphatic hydroxyl groups is 1. The van der Waals surface area contributed by atoms with Crippen molar-refractivity contribution in [2.24, 2.45) is 17.6 Å². The van der Waals surface area contributed by atoms with E-state index in [1.807, 2.05) is 6.92 Å². The third-order valence-corrected chi connectivity index (χ3v) is 8.45. The third kappa shape index (κ3) is 3.87. The summed E-state index contributed by atoms with van der Waals surface area (Å²) in [5.41, 5.74) is 5.70. The van der Waals surface area contributed by atoms with Gasteiger partial charge in [0.15, 0.2) is 5.78 Å². The van der Waals surface area contributed by atoms with Gasteiger partial charge in [0.1, 0.15) is 22.5 Å². The highest BCUT2D eigenvalue weighted by molar-refractivity contribution is 7.89. The fourth-order valence-electron chi connectivity index (χ4n) is 4.51. The van der Waals surface area contributed by atoms with Gasteiger partial charge in [-0.3, -0.25) is 14.0 Å². The Morgan fingerprint density at radius 3 is 2.73 bits per heavy atom. The number of carbonyl (C=O) groups is 3. The van der Waals surface area contributed by atoms with Gasteiger partial charge in [0.2, 0.25) is 15.9 Å². The maximum atomic E-state index is 12.6. The molecule has 12 nitrogen and oxygen atoms in total. The van der Waals surface area contributed by atoms with E-state index < -0.39 is 34.2 Å². The Morgan fingerprint density at radius 1 is 1.36 bits per heavy atom. The number of aliphatic carboxylic acids is 1. The number of fused-ring (bicyclic) bond motifs is 2. The molecule has 3 atom stereocenters. The summed E-state index contributed by atoms with van der Waals surface area (Å²) >= 11 is 1.15. The van der Waals surface area contributed by atoms with Crippen LogP contribution in [0.3, 0.4) is 0 Å². The van der Waals surface area contributed by atoms with Gasteiger partial charge in [0.25, 0.3) is 0 Å². The van der Waals surface area contributed by atoms with Crippen molar-refractivity contribution < 1.29 is 33.0 Å². The molecule has 1 saturated heterocycles. The number of amides is 1. The molecule has 4 rings (SSSR count). The summed E-state index contributed by atoms with van der Waals surface area (Å²) in [6.45, 7) is 1.12. The van der Waals surface area contributed by atoms with E-state index in [2.05, 4.69) is 9.71 Å². The lowest BCUT2D eigenvalue weighted by Crippen LogP contribution is -2.60. The number of β-lactam (4-membered cyclic amide) rings is 1. The molecule has 178 valence electrons. The molecule has 5 N–H and O–H groups in total. The number of carboxylic acids is 1. The SMILES string of the molecule is C[C@@H]1C(c2cn3cnc(C(=O)CNS(=O)(=O)CCN)c3s2)=C(C(=O)O)N2C(=O)[C@@H](CCO)[C@@H]12. The fraction of sp³-hybridized carbons (Fsp3) is 0.474. The monoisotopic (exact) mass is 497 g/mol. The summed E-state index contributed by atoms with van der Waals surface area (Å²) in [5, 5.41) is 19.1. The van der Waals surface area contributed by atoms with Crippen molar-refractivity contribution in [2.45, 2.75) is 19.4 Å². The fourth-order valence-corrected chi connectivity index (χ4v) is 6.55. The molecule has 2 aliphatic heterocycles. The van der Waals surface area contributed by atoms with Crippen LogP contribution >= 0.6 is 11.3 Å². The molecular formula is C19H23N5O7S2. The highest BCUT2D eigenvalue weighted by Crippen LogP contribution is 2.51. The first-order valence-corrected chi connectivity index (χ1v) is 12.7. The van der Waals surface area contributed by atoms with Crippen LogP contribution in [0.1, 0.15) is 28.7 Å². The van der Waals surface area contributed by atoms with E-state index in [-0.39, 0.29) is 54.6 Å². The molecule has 2 aromatic rings. The van der Waals surface area contributed by atoms with Gasteiger partial charge >= 0.3 is 5.97 Å². The summed E-state index contributed by atoms with van der Waals surface area (Å²) < 4.78 is 27.3. The summed E-state index contributed by atoms with van der Waals surface area (Å²) in [6, 6.07) is -0.344. The van der Waals surface area contributed by atoms with Gasteiger partial charge in [-0.05, 0) is 6.42 Å². The van der Waals surface area contributed by atoms with E-state index in [0.717, 1.165) is 11.3 Å². The van der Waals surface area contributed by atoms with Crippen LogP contribution in [0.4, 0.5) is 0 Å². The normalized spacial score (nSPS) is 22.7. The second-order valence-corrected chi connectivity index (χ2v) is 10.9. The highest BCUT2D eigenvalue weighted by Gasteiger charge is 2.58. The van der Waals surface area contributed by atoms with Gasteiger partial charge in [-0.15, -0.1) is 11.3 Å². The smallest absolute Gasteiger partial charge is 0.352 e. The zero-order valence-corrected chi connectivity index (χ0v) is 19.2. The number of thiazole rings is 1. The first-order chi connectivity index (χ1) is 15.6. The summed E-state index contributed by atoms with van der Waals surface area (Å²) in [4.78, 5) is 43.5. The Kier molecular flexibility index (Phi) is 6.13. The van der Waals surface area contributed by atoms with Crippen molar-refractivity contribution in [1.82, 2.24) is 19.0 Å². The molecule has 1 amide bonds. The number of hydrogen-bond acceptors (Lipinski definition) is 9. The van der Waals surface area contributed by atoms with E-state index in [0.29, 0.717) is 15.3 Å². The number of rotatable bonds is 10. The van der Waals surface area contributed by atoms with Crippen LogP contribution in [-0.4, -0.2) is 82.1 Å². The number of Topliss-reactive ketones (excluding diaryl/α,β-unsaturated/α-hetero) is 1. The van der Waals surface area contributed by atoms with Crippen molar-refractivity contribution >= 4 is 49.4 Å². The van der Waals surface area contributed by atoms with Gasteiger partial charge in [-0.1, -0.05) is 6.92 Å². The molecule has 0 spiro atoms. The lowest BCUT2D eigenvalue weighted by molar-refractivity contribution is -0.157. The van der Waals surface area contributed by atoms with E-state index in [1.54, 1.807) is 10.6 Å². The zero-order valence-electron chi connectivity index (χ0n) is 17.6. The van der Waals surface area contributed by atoms with Crippen LogP contribution in [0.2, 0.25) is 0 Å². The van der Waals surface area contributed by atoms with Gasteiger partial charge in [-0.2, -0.15) is 0 Å². The molecular weight excluding hydrogens is 474 g/mol. The Hall–Kier alpha value is -2.65. The number of nitrogens with zero attached hydrogens (tertiary/aromatic N) is 3. The predicted molar refractivity (Wildman–Crippen MR) is 118 cm³/mol. The lowest BCUT2D eigenvalue weighted by atomic mass is 9.79. The van der Waals surface area contributed by atoms with Gasteiger partial charge in [0, 0.05) is 30.8 Å². The Bertz CT molecular complexity index is 1280. The second-order valence-electron chi connectivity index (χ2n) is 7.93. The van der Waals surface area contributed by atoms with Crippen LogP contribution in [-0.2, 0) is 19.6 Å². The largest absolute Gasteiger partial charge is 0.477 e. The summed E-state index contributed by atoms with van der Waals surface area (Å²) in [5.74, 6) is -3.12. The molecule has 0 unspecified atom stereocenters. The van der Waals surface area contributed by atoms with E-state index in [1.165, 1.54) is 11.2 Å². The molecule has 2 aliphatic rings. The van der Waals surface area contributed by atoms with Gasteiger partial charge in [-0.25, -0.2) is 22.9 Å². The first kappa shape index (κ1) is 23.5. The second kappa shape index (κ2) is 8.61. The van der Waals surface area contributed by atoms with Crippen molar-refractivity contribution in [3.63, 3.8) is 0 Å². The number of ketones is 1. The Morgan fingerprint density at radius 2 is 2.09 bits per heavy atom. The number of nitrogens with two attached hydrogens (primary N) is 1. The number of aromatic nitrogens is 2. The average Bonchev–Trinajstić information content (AvgIpc) is 3.39. The van der Waals surface area contributed by atoms with Crippen LogP contribution in [0, 0.1) is 11.8 Å². The minimum absolute atomic E-state index is 0.0577. The number of nitrogens with one attached hydrogen (secondary N) is 1. The minimum Gasteiger partial charge on any atom is -0.477 e. The van der Waals surface area contributed by atoms with Crippen molar-refractivity contribution in [1.29, 1.82) is 0 Å². The number of aliphatic hydroxyl groups excluding tert-OH is 1. The first-order valence-electron chi connectivity index (χ1n) is 10.2. The van der Waals surface area contributed by atoms with Crippen molar-refractivity contribution in [3.05, 3.63) is 28.8 Å². The molecule has 4 heterocycles. The van der Waals surface area contributed by atoms with Crippen molar-refractivity contribution in [3.8, 4) is 0 Å². The Balaban J connectivity index is 1.66. The maximum Gasteiger partial charge on any atom is 0.352 e. The molecule has 2 aromatic heterocycles. The van der Waals surface area contributed by atoms with E-state index in [9.17, 15) is 33.0 Å². The maximum absolute atomic E-state index is 12.6. The summed E-state index contributed by atoms with van der Waals surface area (Å²) in [6.07, 6.45) is 3.31. The van der Waals surface area contributed by atoms with E-state index >= 15 is 0 Å². The molecule has 1 fully saturated rings. The lowest BCUT2D eigenvalue weighted by Gasteiger charge is -2.45. The number of carboxylic acid groups (broad SMARTS) is 1.